The van der Waals surface area contributed by atoms with Gasteiger partial charge in [0, 0.05) is 26.8 Å². The molecule has 1 heterocycles. The van der Waals surface area contributed by atoms with Crippen LogP contribution >= 0.6 is 12.2 Å². The number of hydrogen-bond donors (Lipinski definition) is 1. The number of hydrogen-bond acceptors (Lipinski definition) is 4. The highest BCUT2D eigenvalue weighted by Crippen LogP contribution is 2.18. The first kappa shape index (κ1) is 18.4. The van der Waals surface area contributed by atoms with Gasteiger partial charge in [0.2, 0.25) is 10.0 Å². The maximum absolute atomic E-state index is 12.2. The Morgan fingerprint density at radius 2 is 1.92 bits per heavy atom. The Hall–Kier alpha value is -1.90. The SMILES string of the molecule is Cc1ccc(CN(C)C(=S)Nc2cccc(S(=O)(=O)N(C)C)c2)o1. The van der Waals surface area contributed by atoms with E-state index in [0.717, 1.165) is 11.5 Å². The molecule has 8 heteroatoms. The molecule has 0 atom stereocenters. The number of nitrogens with one attached hydrogen (secondary N) is 1. The van der Waals surface area contributed by atoms with Gasteiger partial charge >= 0.3 is 0 Å². The van der Waals surface area contributed by atoms with Crippen molar-refractivity contribution < 1.29 is 12.8 Å². The average molecular weight is 367 g/mol. The van der Waals surface area contributed by atoms with E-state index in [1.54, 1.807) is 24.3 Å². The molecule has 0 unspecified atom stereocenters. The van der Waals surface area contributed by atoms with Crippen molar-refractivity contribution in [1.82, 2.24) is 9.21 Å². The van der Waals surface area contributed by atoms with Crippen LogP contribution in [-0.2, 0) is 16.6 Å². The van der Waals surface area contributed by atoms with Crippen molar-refractivity contribution in [3.05, 3.63) is 47.9 Å². The highest BCUT2D eigenvalue weighted by atomic mass is 32.2. The molecule has 0 saturated heterocycles. The van der Waals surface area contributed by atoms with Crippen LogP contribution in [-0.4, -0.2) is 43.9 Å². The normalized spacial score (nSPS) is 11.5. The van der Waals surface area contributed by atoms with E-state index in [1.807, 2.05) is 31.0 Å². The topological polar surface area (TPSA) is 65.8 Å². The van der Waals surface area contributed by atoms with E-state index in [2.05, 4.69) is 5.32 Å². The molecular formula is C16H21N3O3S2. The second-order valence-corrected chi connectivity index (χ2v) is 8.15. The minimum atomic E-state index is -3.48. The number of anilines is 1. The molecule has 0 aliphatic rings. The Morgan fingerprint density at radius 3 is 2.50 bits per heavy atom. The highest BCUT2D eigenvalue weighted by molar-refractivity contribution is 7.89. The van der Waals surface area contributed by atoms with E-state index in [1.165, 1.54) is 18.4 Å². The third-order valence-electron chi connectivity index (χ3n) is 3.40. The molecule has 1 aromatic carbocycles. The fraction of sp³-hybridized carbons (Fsp3) is 0.312. The zero-order valence-electron chi connectivity index (χ0n) is 14.1. The third-order valence-corrected chi connectivity index (χ3v) is 5.62. The van der Waals surface area contributed by atoms with E-state index in [0.29, 0.717) is 17.3 Å². The Labute approximate surface area is 148 Å². The lowest BCUT2D eigenvalue weighted by molar-refractivity contribution is 0.403. The molecule has 2 rings (SSSR count). The summed E-state index contributed by atoms with van der Waals surface area (Å²) in [4.78, 5) is 2.03. The molecule has 0 bridgehead atoms. The molecule has 130 valence electrons. The van der Waals surface area contributed by atoms with Crippen molar-refractivity contribution in [1.29, 1.82) is 0 Å². The third kappa shape index (κ3) is 4.34. The average Bonchev–Trinajstić information content (AvgIpc) is 2.92. The van der Waals surface area contributed by atoms with E-state index >= 15 is 0 Å². The number of furan rings is 1. The molecule has 24 heavy (non-hydrogen) atoms. The summed E-state index contributed by atoms with van der Waals surface area (Å²) in [5, 5.41) is 3.53. The smallest absolute Gasteiger partial charge is 0.242 e. The van der Waals surface area contributed by atoms with Gasteiger partial charge in [0.1, 0.15) is 11.5 Å². The fourth-order valence-electron chi connectivity index (χ4n) is 2.04. The second kappa shape index (κ2) is 7.33. The van der Waals surface area contributed by atoms with Crippen molar-refractivity contribution in [3.8, 4) is 0 Å². The van der Waals surface area contributed by atoms with Crippen LogP contribution in [0.25, 0.3) is 0 Å². The maximum atomic E-state index is 12.2. The van der Waals surface area contributed by atoms with Crippen molar-refractivity contribution in [2.45, 2.75) is 18.4 Å². The number of rotatable bonds is 5. The van der Waals surface area contributed by atoms with E-state index in [4.69, 9.17) is 16.6 Å². The Bertz CT molecular complexity index is 829. The van der Waals surface area contributed by atoms with Crippen LogP contribution in [0, 0.1) is 6.92 Å². The van der Waals surface area contributed by atoms with Gasteiger partial charge in [-0.25, -0.2) is 12.7 Å². The molecule has 0 saturated carbocycles. The molecule has 0 amide bonds. The molecule has 2 aromatic rings. The monoisotopic (exact) mass is 367 g/mol. The van der Waals surface area contributed by atoms with Gasteiger partial charge in [-0.15, -0.1) is 0 Å². The lowest BCUT2D eigenvalue weighted by Crippen LogP contribution is -2.30. The molecule has 0 aliphatic carbocycles. The van der Waals surface area contributed by atoms with Gasteiger partial charge < -0.3 is 14.6 Å². The lowest BCUT2D eigenvalue weighted by atomic mass is 10.3. The molecule has 1 aromatic heterocycles. The quantitative estimate of drug-likeness (QED) is 0.820. The number of nitrogens with zero attached hydrogens (tertiary/aromatic N) is 2. The van der Waals surface area contributed by atoms with Crippen LogP contribution in [0.2, 0.25) is 0 Å². The number of sulfonamides is 1. The molecular weight excluding hydrogens is 346 g/mol. The Morgan fingerprint density at radius 1 is 1.21 bits per heavy atom. The van der Waals surface area contributed by atoms with Gasteiger partial charge in [0.25, 0.3) is 0 Å². The summed E-state index contributed by atoms with van der Waals surface area (Å²) in [7, 11) is 1.36. The fourth-order valence-corrected chi connectivity index (χ4v) is 3.17. The summed E-state index contributed by atoms with van der Waals surface area (Å²) in [6.45, 7) is 2.41. The van der Waals surface area contributed by atoms with E-state index in [9.17, 15) is 8.42 Å². The van der Waals surface area contributed by atoms with E-state index in [-0.39, 0.29) is 4.90 Å². The van der Waals surface area contributed by atoms with Crippen molar-refractivity contribution in [3.63, 3.8) is 0 Å². The van der Waals surface area contributed by atoms with Gasteiger partial charge in [-0.2, -0.15) is 0 Å². The highest BCUT2D eigenvalue weighted by Gasteiger charge is 2.17. The summed E-state index contributed by atoms with van der Waals surface area (Å²) in [5.41, 5.74) is 0.616. The minimum absolute atomic E-state index is 0.213. The first-order chi connectivity index (χ1) is 11.2. The first-order valence-corrected chi connectivity index (χ1v) is 9.15. The standard InChI is InChI=1S/C16H21N3O3S2/c1-12-8-9-14(22-12)11-19(4)16(23)17-13-6-5-7-15(10-13)24(20,21)18(2)3/h5-10H,11H2,1-4H3,(H,17,23). The van der Waals surface area contributed by atoms with Crippen molar-refractivity contribution >= 4 is 33.0 Å². The number of thiocarbonyl (C=S) groups is 1. The van der Waals surface area contributed by atoms with Crippen LogP contribution in [0.4, 0.5) is 5.69 Å². The molecule has 1 N–H and O–H groups in total. The summed E-state index contributed by atoms with van der Waals surface area (Å²) in [5.74, 6) is 1.65. The van der Waals surface area contributed by atoms with E-state index < -0.39 is 10.0 Å². The number of benzene rings is 1. The van der Waals surface area contributed by atoms with Crippen LogP contribution < -0.4 is 5.32 Å². The van der Waals surface area contributed by atoms with Gasteiger partial charge in [-0.3, -0.25) is 0 Å². The van der Waals surface area contributed by atoms with Crippen LogP contribution in [0.1, 0.15) is 11.5 Å². The molecule has 6 nitrogen and oxygen atoms in total. The Kier molecular flexibility index (Phi) is 5.63. The van der Waals surface area contributed by atoms with Gasteiger partial charge in [-0.05, 0) is 49.5 Å². The molecule has 0 radical (unpaired) electrons. The summed E-state index contributed by atoms with van der Waals surface area (Å²) in [6, 6.07) is 10.4. The Balaban J connectivity index is 2.09. The second-order valence-electron chi connectivity index (χ2n) is 5.61. The van der Waals surface area contributed by atoms with Crippen molar-refractivity contribution in [2.24, 2.45) is 0 Å². The summed E-state index contributed by atoms with van der Waals surface area (Å²) in [6.07, 6.45) is 0. The largest absolute Gasteiger partial charge is 0.464 e. The zero-order valence-corrected chi connectivity index (χ0v) is 15.7. The summed E-state index contributed by atoms with van der Waals surface area (Å²) < 4.78 is 31.1. The predicted molar refractivity (Wildman–Crippen MR) is 98.4 cm³/mol. The summed E-state index contributed by atoms with van der Waals surface area (Å²) >= 11 is 5.37. The number of aryl methyl sites for hydroxylation is 1. The zero-order chi connectivity index (χ0) is 17.9. The molecule has 0 spiro atoms. The minimum Gasteiger partial charge on any atom is -0.464 e. The van der Waals surface area contributed by atoms with Gasteiger partial charge in [-0.1, -0.05) is 6.07 Å². The van der Waals surface area contributed by atoms with Gasteiger partial charge in [0.15, 0.2) is 5.11 Å². The van der Waals surface area contributed by atoms with Crippen LogP contribution in [0.15, 0.2) is 45.7 Å². The van der Waals surface area contributed by atoms with Crippen LogP contribution in [0.5, 0.6) is 0 Å². The first-order valence-electron chi connectivity index (χ1n) is 7.30. The van der Waals surface area contributed by atoms with Gasteiger partial charge in [0.05, 0.1) is 11.4 Å². The lowest BCUT2D eigenvalue weighted by Gasteiger charge is -2.20. The van der Waals surface area contributed by atoms with Crippen LogP contribution in [0.3, 0.4) is 0 Å². The molecule has 0 aliphatic heterocycles. The predicted octanol–water partition coefficient (Wildman–Crippen LogP) is 2.67. The molecule has 0 fully saturated rings. The maximum Gasteiger partial charge on any atom is 0.242 e. The van der Waals surface area contributed by atoms with Crippen molar-refractivity contribution in [2.75, 3.05) is 26.5 Å².